The lowest BCUT2D eigenvalue weighted by Crippen LogP contribution is -2.07. The predicted octanol–water partition coefficient (Wildman–Crippen LogP) is 3.60. The quantitative estimate of drug-likeness (QED) is 0.908. The molecular weight excluding hydrogens is 278 g/mol. The van der Waals surface area contributed by atoms with E-state index in [9.17, 15) is 0 Å². The number of nitrogens with two attached hydrogens (primary N) is 1. The van der Waals surface area contributed by atoms with Gasteiger partial charge in [0.1, 0.15) is 5.82 Å². The summed E-state index contributed by atoms with van der Waals surface area (Å²) in [7, 11) is 0. The summed E-state index contributed by atoms with van der Waals surface area (Å²) in [6, 6.07) is 12.2. The van der Waals surface area contributed by atoms with Crippen molar-refractivity contribution >= 4 is 27.4 Å². The number of anilines is 2. The first-order chi connectivity index (χ1) is 8.15. The van der Waals surface area contributed by atoms with Crippen LogP contribution in [0.5, 0.6) is 0 Å². The molecule has 2 rings (SSSR count). The molecule has 17 heavy (non-hydrogen) atoms. The van der Waals surface area contributed by atoms with Crippen LogP contribution in [0.3, 0.4) is 0 Å². The van der Waals surface area contributed by atoms with Gasteiger partial charge in [-0.15, -0.1) is 0 Å². The van der Waals surface area contributed by atoms with Crippen LogP contribution in [-0.4, -0.2) is 4.98 Å². The fourth-order valence-corrected chi connectivity index (χ4v) is 2.06. The molecular formula is C13H14BrN3. The number of nitrogens with one attached hydrogen (secondary N) is 1. The van der Waals surface area contributed by atoms with Crippen LogP contribution in [-0.2, 0) is 0 Å². The average molecular weight is 292 g/mol. The van der Waals surface area contributed by atoms with Crippen LogP contribution in [0, 0.1) is 0 Å². The van der Waals surface area contributed by atoms with Gasteiger partial charge < -0.3 is 11.1 Å². The van der Waals surface area contributed by atoms with Gasteiger partial charge in [-0.05, 0) is 30.7 Å². The Morgan fingerprint density at radius 3 is 2.82 bits per heavy atom. The van der Waals surface area contributed by atoms with Gasteiger partial charge >= 0.3 is 0 Å². The van der Waals surface area contributed by atoms with Crippen LogP contribution in [0.1, 0.15) is 18.5 Å². The molecule has 0 radical (unpaired) electrons. The summed E-state index contributed by atoms with van der Waals surface area (Å²) in [5.74, 6) is 0.524. The van der Waals surface area contributed by atoms with Gasteiger partial charge in [0.25, 0.3) is 0 Å². The molecule has 1 unspecified atom stereocenters. The Balaban J connectivity index is 2.14. The average Bonchev–Trinajstić information content (AvgIpc) is 2.29. The summed E-state index contributed by atoms with van der Waals surface area (Å²) in [5.41, 5.74) is 7.83. The van der Waals surface area contributed by atoms with E-state index in [4.69, 9.17) is 5.73 Å². The number of nitrogens with zero attached hydrogens (tertiary/aromatic N) is 1. The molecule has 0 aliphatic rings. The van der Waals surface area contributed by atoms with Crippen molar-refractivity contribution in [3.63, 3.8) is 0 Å². The molecule has 0 saturated carbocycles. The molecule has 3 nitrogen and oxygen atoms in total. The van der Waals surface area contributed by atoms with Crippen molar-refractivity contribution in [1.29, 1.82) is 0 Å². The summed E-state index contributed by atoms with van der Waals surface area (Å²) in [4.78, 5) is 3.96. The topological polar surface area (TPSA) is 50.9 Å². The molecule has 0 amide bonds. The zero-order valence-electron chi connectivity index (χ0n) is 9.52. The van der Waals surface area contributed by atoms with Crippen molar-refractivity contribution in [2.24, 2.45) is 0 Å². The number of rotatable bonds is 3. The second kappa shape index (κ2) is 5.19. The highest BCUT2D eigenvalue weighted by Gasteiger charge is 2.05. The molecule has 3 N–H and O–H groups in total. The zero-order chi connectivity index (χ0) is 12.3. The van der Waals surface area contributed by atoms with Gasteiger partial charge in [0.15, 0.2) is 0 Å². The fourth-order valence-electron chi connectivity index (χ4n) is 1.65. The number of pyridine rings is 1. The third-order valence-electron chi connectivity index (χ3n) is 2.51. The third kappa shape index (κ3) is 3.20. The van der Waals surface area contributed by atoms with Crippen LogP contribution >= 0.6 is 15.9 Å². The smallest absolute Gasteiger partial charge is 0.125 e. The first kappa shape index (κ1) is 11.9. The molecule has 0 aliphatic heterocycles. The largest absolute Gasteiger partial charge is 0.384 e. The van der Waals surface area contributed by atoms with Gasteiger partial charge in [0, 0.05) is 28.5 Å². The van der Waals surface area contributed by atoms with Crippen molar-refractivity contribution in [1.82, 2.24) is 4.98 Å². The van der Waals surface area contributed by atoms with E-state index >= 15 is 0 Å². The lowest BCUT2D eigenvalue weighted by Gasteiger charge is -2.16. The first-order valence-electron chi connectivity index (χ1n) is 5.38. The summed E-state index contributed by atoms with van der Waals surface area (Å²) in [6.45, 7) is 2.11. The third-order valence-corrected chi connectivity index (χ3v) is 3.01. The number of aromatic nitrogens is 1. The van der Waals surface area contributed by atoms with Crippen LogP contribution in [0.2, 0.25) is 0 Å². The molecule has 0 saturated heterocycles. The predicted molar refractivity (Wildman–Crippen MR) is 74.8 cm³/mol. The van der Waals surface area contributed by atoms with E-state index in [2.05, 4.69) is 45.3 Å². The van der Waals surface area contributed by atoms with E-state index in [1.165, 1.54) is 5.56 Å². The molecule has 4 heteroatoms. The normalized spacial score (nSPS) is 12.1. The van der Waals surface area contributed by atoms with Crippen molar-refractivity contribution in [3.8, 4) is 0 Å². The standard InChI is InChI=1S/C13H14BrN3/c1-9(10-3-2-4-11(14)7-10)17-12-5-6-16-13(15)8-12/h2-9H,1H3,(H3,15,16,17). The molecule has 0 fully saturated rings. The van der Waals surface area contributed by atoms with Crippen molar-refractivity contribution in [2.75, 3.05) is 11.1 Å². The molecule has 1 atom stereocenters. The molecule has 1 heterocycles. The van der Waals surface area contributed by atoms with Gasteiger partial charge in [0.2, 0.25) is 0 Å². The summed E-state index contributed by atoms with van der Waals surface area (Å²) < 4.78 is 1.08. The number of benzene rings is 1. The Hall–Kier alpha value is -1.55. The number of hydrogen-bond donors (Lipinski definition) is 2. The maximum Gasteiger partial charge on any atom is 0.125 e. The highest BCUT2D eigenvalue weighted by Crippen LogP contribution is 2.22. The number of nitrogen functional groups attached to an aromatic ring is 1. The van der Waals surface area contributed by atoms with Crippen molar-refractivity contribution < 1.29 is 0 Å². The molecule has 0 aliphatic carbocycles. The molecule has 88 valence electrons. The lowest BCUT2D eigenvalue weighted by molar-refractivity contribution is 0.883. The van der Waals surface area contributed by atoms with E-state index < -0.39 is 0 Å². The Bertz CT molecular complexity index is 514. The minimum atomic E-state index is 0.217. The van der Waals surface area contributed by atoms with E-state index in [0.29, 0.717) is 5.82 Å². The first-order valence-corrected chi connectivity index (χ1v) is 6.18. The number of hydrogen-bond acceptors (Lipinski definition) is 3. The van der Waals surface area contributed by atoms with Gasteiger partial charge in [-0.3, -0.25) is 0 Å². The van der Waals surface area contributed by atoms with Crippen LogP contribution < -0.4 is 11.1 Å². The Labute approximate surface area is 109 Å². The molecule has 0 spiro atoms. The van der Waals surface area contributed by atoms with Crippen molar-refractivity contribution in [2.45, 2.75) is 13.0 Å². The number of halogens is 1. The summed E-state index contributed by atoms with van der Waals surface area (Å²) >= 11 is 3.47. The maximum atomic E-state index is 5.64. The Morgan fingerprint density at radius 2 is 2.12 bits per heavy atom. The van der Waals surface area contributed by atoms with E-state index in [-0.39, 0.29) is 6.04 Å². The van der Waals surface area contributed by atoms with Gasteiger partial charge in [-0.1, -0.05) is 28.1 Å². The molecule has 1 aromatic heterocycles. The zero-order valence-corrected chi connectivity index (χ0v) is 11.1. The molecule has 1 aromatic carbocycles. The SMILES string of the molecule is CC(Nc1ccnc(N)c1)c1cccc(Br)c1. The monoisotopic (exact) mass is 291 g/mol. The lowest BCUT2D eigenvalue weighted by atomic mass is 10.1. The second-order valence-electron chi connectivity index (χ2n) is 3.89. The summed E-state index contributed by atoms with van der Waals surface area (Å²) in [6.07, 6.45) is 1.70. The Kier molecular flexibility index (Phi) is 3.64. The maximum absolute atomic E-state index is 5.64. The van der Waals surface area contributed by atoms with Gasteiger partial charge in [-0.25, -0.2) is 4.98 Å². The van der Waals surface area contributed by atoms with Gasteiger partial charge in [-0.2, -0.15) is 0 Å². The molecule has 2 aromatic rings. The van der Waals surface area contributed by atoms with E-state index in [1.54, 1.807) is 6.20 Å². The van der Waals surface area contributed by atoms with Crippen LogP contribution in [0.25, 0.3) is 0 Å². The van der Waals surface area contributed by atoms with E-state index in [1.807, 2.05) is 24.3 Å². The van der Waals surface area contributed by atoms with Crippen LogP contribution in [0.15, 0.2) is 47.1 Å². The Morgan fingerprint density at radius 1 is 1.29 bits per heavy atom. The molecule has 0 bridgehead atoms. The highest BCUT2D eigenvalue weighted by atomic mass is 79.9. The van der Waals surface area contributed by atoms with Crippen molar-refractivity contribution in [3.05, 3.63) is 52.6 Å². The van der Waals surface area contributed by atoms with Gasteiger partial charge in [0.05, 0.1) is 0 Å². The van der Waals surface area contributed by atoms with Crippen LogP contribution in [0.4, 0.5) is 11.5 Å². The second-order valence-corrected chi connectivity index (χ2v) is 4.81. The fraction of sp³-hybridized carbons (Fsp3) is 0.154. The summed E-state index contributed by atoms with van der Waals surface area (Å²) in [5, 5.41) is 3.39. The minimum absolute atomic E-state index is 0.217. The minimum Gasteiger partial charge on any atom is -0.384 e. The highest BCUT2D eigenvalue weighted by molar-refractivity contribution is 9.10. The van der Waals surface area contributed by atoms with E-state index in [0.717, 1.165) is 10.2 Å².